The van der Waals surface area contributed by atoms with Crippen molar-refractivity contribution in [2.45, 2.75) is 90.0 Å². The monoisotopic (exact) mass is 517 g/mol. The molecule has 0 aliphatic carbocycles. The summed E-state index contributed by atoms with van der Waals surface area (Å²) in [7, 11) is 0. The largest absolute Gasteiger partial charge is 0.427 e. The number of aryl methyl sites for hydroxylation is 1. The molecule has 0 amide bonds. The quantitative estimate of drug-likeness (QED) is 0.132. The number of aliphatic hydroxyl groups is 1. The molecule has 2 heterocycles. The van der Waals surface area contributed by atoms with Crippen LogP contribution in [0.3, 0.4) is 0 Å². The minimum atomic E-state index is -0.509. The van der Waals surface area contributed by atoms with E-state index in [2.05, 4.69) is 0 Å². The van der Waals surface area contributed by atoms with Gasteiger partial charge in [0.2, 0.25) is 0 Å². The van der Waals surface area contributed by atoms with Gasteiger partial charge in [0.25, 0.3) is 11.2 Å². The summed E-state index contributed by atoms with van der Waals surface area (Å²) in [4.78, 5) is 47.5. The molecule has 2 atom stereocenters. The maximum atomic E-state index is 12.9. The van der Waals surface area contributed by atoms with E-state index in [1.807, 2.05) is 0 Å². The van der Waals surface area contributed by atoms with Crippen molar-refractivity contribution in [2.75, 3.05) is 6.61 Å². The number of aliphatic hydroxyl groups excluding tert-OH is 1. The molecule has 1 saturated heterocycles. The van der Waals surface area contributed by atoms with Crippen molar-refractivity contribution in [1.29, 1.82) is 0 Å². The molecule has 2 unspecified atom stereocenters. The van der Waals surface area contributed by atoms with E-state index in [1.165, 1.54) is 33.4 Å². The topological polar surface area (TPSA) is 143 Å². The summed E-state index contributed by atoms with van der Waals surface area (Å²) in [6.45, 7) is 1.95. The second-order valence-electron chi connectivity index (χ2n) is 9.38. The zero-order valence-corrected chi connectivity index (χ0v) is 21.2. The number of non-ortho nitro benzene ring substituents is 1. The minimum Gasteiger partial charge on any atom is -0.427 e. The van der Waals surface area contributed by atoms with E-state index in [0.717, 1.165) is 32.1 Å². The number of nitrogens with zero attached hydrogens (tertiary/aromatic N) is 3. The van der Waals surface area contributed by atoms with Crippen LogP contribution in [0, 0.1) is 17.0 Å². The summed E-state index contributed by atoms with van der Waals surface area (Å²) < 4.78 is 13.7. The molecule has 1 fully saturated rings. The van der Waals surface area contributed by atoms with Gasteiger partial charge in [0.1, 0.15) is 12.0 Å². The first-order valence-corrected chi connectivity index (χ1v) is 12.8. The number of nitro benzene ring substituents is 1. The van der Waals surface area contributed by atoms with Crippen LogP contribution in [0.4, 0.5) is 5.69 Å². The van der Waals surface area contributed by atoms with Gasteiger partial charge in [0.05, 0.1) is 17.6 Å². The third kappa shape index (κ3) is 8.09. The molecule has 202 valence electrons. The summed E-state index contributed by atoms with van der Waals surface area (Å²) >= 11 is 0. The van der Waals surface area contributed by atoms with Crippen LogP contribution < -0.4 is 16.0 Å². The van der Waals surface area contributed by atoms with Crippen LogP contribution in [-0.4, -0.2) is 37.8 Å². The lowest BCUT2D eigenvalue weighted by Gasteiger charge is -2.17. The summed E-state index contributed by atoms with van der Waals surface area (Å²) in [6.07, 6.45) is 8.49. The van der Waals surface area contributed by atoms with Gasteiger partial charge in [0.15, 0.2) is 0 Å². The maximum Gasteiger partial charge on any atom is 0.333 e. The van der Waals surface area contributed by atoms with Crippen molar-refractivity contribution in [2.24, 2.45) is 0 Å². The average molecular weight is 518 g/mol. The normalized spacial score (nSPS) is 17.1. The van der Waals surface area contributed by atoms with E-state index in [1.54, 1.807) is 13.1 Å². The zero-order valence-electron chi connectivity index (χ0n) is 21.2. The number of unbranched alkanes of at least 4 members (excludes halogenated alkanes) is 6. The first kappa shape index (κ1) is 28.3. The highest BCUT2D eigenvalue weighted by Crippen LogP contribution is 2.26. The Morgan fingerprint density at radius 3 is 2.35 bits per heavy atom. The van der Waals surface area contributed by atoms with Crippen molar-refractivity contribution in [3.63, 3.8) is 0 Å². The Labute approximate surface area is 214 Å². The Bertz CT molecular complexity index is 1170. The number of hydrogen-bond donors (Lipinski definition) is 1. The first-order chi connectivity index (χ1) is 17.8. The van der Waals surface area contributed by atoms with E-state index >= 15 is 0 Å². The smallest absolute Gasteiger partial charge is 0.333 e. The molecule has 0 bridgehead atoms. The van der Waals surface area contributed by atoms with Crippen LogP contribution in [0.25, 0.3) is 0 Å². The molecular weight excluding hydrogens is 482 g/mol. The molecule has 11 nitrogen and oxygen atoms in total. The van der Waals surface area contributed by atoms with Crippen molar-refractivity contribution in [3.05, 3.63) is 67.0 Å². The number of carbonyl (C=O) groups excluding carboxylic acids is 1. The standard InChI is InChI=1S/C26H35N3O8/c1-19-17-28(23-15-14-22(18-30)36-23)26(33)27(25(19)32)16-8-6-4-2-3-5-7-9-24(31)37-21-12-10-20(11-13-21)29(34)35/h10-13,17,22-23,30H,2-9,14-16,18H2,1H3. The number of aromatic nitrogens is 2. The van der Waals surface area contributed by atoms with Crippen LogP contribution in [-0.2, 0) is 16.1 Å². The van der Waals surface area contributed by atoms with Gasteiger partial charge in [-0.15, -0.1) is 0 Å². The van der Waals surface area contributed by atoms with Gasteiger partial charge < -0.3 is 14.6 Å². The number of nitro groups is 1. The molecule has 3 rings (SSSR count). The molecule has 1 aromatic carbocycles. The zero-order chi connectivity index (χ0) is 26.8. The molecule has 0 radical (unpaired) electrons. The number of benzene rings is 1. The number of carbonyl (C=O) groups is 1. The molecule has 0 saturated carbocycles. The Morgan fingerprint density at radius 1 is 1.08 bits per heavy atom. The van der Waals surface area contributed by atoms with Crippen LogP contribution in [0.1, 0.15) is 76.0 Å². The summed E-state index contributed by atoms with van der Waals surface area (Å²) in [5, 5.41) is 19.9. The summed E-state index contributed by atoms with van der Waals surface area (Å²) in [5.41, 5.74) is -0.223. The van der Waals surface area contributed by atoms with Crippen LogP contribution in [0.5, 0.6) is 5.75 Å². The fourth-order valence-electron chi connectivity index (χ4n) is 4.43. The third-order valence-corrected chi connectivity index (χ3v) is 6.51. The molecule has 1 N–H and O–H groups in total. The van der Waals surface area contributed by atoms with Gasteiger partial charge in [-0.3, -0.25) is 28.8 Å². The van der Waals surface area contributed by atoms with E-state index in [9.17, 15) is 29.6 Å². The van der Waals surface area contributed by atoms with Crippen molar-refractivity contribution in [1.82, 2.24) is 9.13 Å². The summed E-state index contributed by atoms with van der Waals surface area (Å²) in [6, 6.07) is 5.41. The fourth-order valence-corrected chi connectivity index (χ4v) is 4.43. The van der Waals surface area contributed by atoms with E-state index < -0.39 is 11.2 Å². The van der Waals surface area contributed by atoms with Crippen LogP contribution >= 0.6 is 0 Å². The SMILES string of the molecule is Cc1cn(C2CCC(CO)O2)c(=O)n(CCCCCCCCCC(=O)Oc2ccc([N+](=O)[O-])cc2)c1=O. The molecular formula is C26H35N3O8. The highest BCUT2D eigenvalue weighted by molar-refractivity contribution is 5.72. The molecule has 0 spiro atoms. The lowest BCUT2D eigenvalue weighted by Crippen LogP contribution is -2.42. The van der Waals surface area contributed by atoms with Crippen LogP contribution in [0.2, 0.25) is 0 Å². The van der Waals surface area contributed by atoms with E-state index in [0.29, 0.717) is 43.5 Å². The lowest BCUT2D eigenvalue weighted by atomic mass is 10.1. The van der Waals surface area contributed by atoms with Crippen molar-refractivity contribution in [3.8, 4) is 5.75 Å². The number of rotatable bonds is 14. The number of hydrogen-bond acceptors (Lipinski definition) is 8. The van der Waals surface area contributed by atoms with Crippen molar-refractivity contribution >= 4 is 11.7 Å². The Balaban J connectivity index is 1.32. The number of ether oxygens (including phenoxy) is 2. The second-order valence-corrected chi connectivity index (χ2v) is 9.38. The molecule has 1 aromatic heterocycles. The van der Waals surface area contributed by atoms with Gasteiger partial charge in [-0.2, -0.15) is 0 Å². The Morgan fingerprint density at radius 2 is 1.73 bits per heavy atom. The predicted octanol–water partition coefficient (Wildman–Crippen LogP) is 3.62. The minimum absolute atomic E-state index is 0.0570. The third-order valence-electron chi connectivity index (χ3n) is 6.51. The molecule has 11 heteroatoms. The van der Waals surface area contributed by atoms with E-state index in [4.69, 9.17) is 9.47 Å². The summed E-state index contributed by atoms with van der Waals surface area (Å²) in [5.74, 6) is -0.0711. The maximum absolute atomic E-state index is 12.9. The fraction of sp³-hybridized carbons (Fsp3) is 0.577. The highest BCUT2D eigenvalue weighted by Gasteiger charge is 2.27. The van der Waals surface area contributed by atoms with Gasteiger partial charge in [0, 0.05) is 36.9 Å². The molecule has 1 aliphatic rings. The Kier molecular flexibility index (Phi) is 10.6. The number of esters is 1. The highest BCUT2D eigenvalue weighted by atomic mass is 16.6. The molecule has 37 heavy (non-hydrogen) atoms. The second kappa shape index (κ2) is 13.8. The van der Waals surface area contributed by atoms with Gasteiger partial charge in [-0.25, -0.2) is 4.79 Å². The first-order valence-electron chi connectivity index (χ1n) is 12.8. The van der Waals surface area contributed by atoms with Gasteiger partial charge >= 0.3 is 11.7 Å². The Hall–Kier alpha value is -3.31. The van der Waals surface area contributed by atoms with Crippen LogP contribution in [0.15, 0.2) is 40.1 Å². The van der Waals surface area contributed by atoms with Crippen molar-refractivity contribution < 1.29 is 24.3 Å². The average Bonchev–Trinajstić information content (AvgIpc) is 3.36. The van der Waals surface area contributed by atoms with Gasteiger partial charge in [-0.05, 0) is 44.7 Å². The van der Waals surface area contributed by atoms with E-state index in [-0.39, 0.29) is 42.0 Å². The van der Waals surface area contributed by atoms with Gasteiger partial charge in [-0.1, -0.05) is 32.1 Å². The lowest BCUT2D eigenvalue weighted by molar-refractivity contribution is -0.384. The molecule has 2 aromatic rings. The molecule has 1 aliphatic heterocycles. The predicted molar refractivity (Wildman–Crippen MR) is 136 cm³/mol.